The number of imide groups is 1. The van der Waals surface area contributed by atoms with Crippen molar-refractivity contribution in [2.45, 2.75) is 6.92 Å². The lowest BCUT2D eigenvalue weighted by atomic mass is 10.1. The van der Waals surface area contributed by atoms with Crippen molar-refractivity contribution in [1.29, 1.82) is 0 Å². The van der Waals surface area contributed by atoms with Gasteiger partial charge in [-0.2, -0.15) is 0 Å². The second-order valence-electron chi connectivity index (χ2n) is 6.63. The van der Waals surface area contributed by atoms with Crippen LogP contribution in [0.2, 0.25) is 0 Å². The number of amides is 2. The van der Waals surface area contributed by atoms with E-state index in [0.29, 0.717) is 34.9 Å². The fourth-order valence-corrected chi connectivity index (χ4v) is 3.23. The third-order valence-electron chi connectivity index (χ3n) is 4.62. The van der Waals surface area contributed by atoms with E-state index < -0.39 is 5.97 Å². The van der Waals surface area contributed by atoms with Gasteiger partial charge < -0.3 is 14.2 Å². The fourth-order valence-electron chi connectivity index (χ4n) is 3.23. The van der Waals surface area contributed by atoms with Crippen molar-refractivity contribution in [3.63, 3.8) is 0 Å². The molecule has 4 rings (SSSR count). The molecule has 7 heteroatoms. The van der Waals surface area contributed by atoms with Gasteiger partial charge >= 0.3 is 5.97 Å². The standard InChI is InChI=1S/C24H19NO6/c1-2-29-20-9-5-6-10-21(20)30-15-22(26)31-17-13-11-16(12-14-17)25-23(27)18-7-3-4-8-19(18)24(25)28/h3-14H,2,15H2,1H3. The van der Waals surface area contributed by atoms with E-state index in [0.717, 1.165) is 4.90 Å². The summed E-state index contributed by atoms with van der Waals surface area (Å²) in [5.41, 5.74) is 1.13. The highest BCUT2D eigenvalue weighted by Crippen LogP contribution is 2.30. The van der Waals surface area contributed by atoms with Crippen molar-refractivity contribution in [1.82, 2.24) is 0 Å². The molecule has 0 unspecified atom stereocenters. The first-order chi connectivity index (χ1) is 15.1. The molecule has 1 aliphatic rings. The summed E-state index contributed by atoms with van der Waals surface area (Å²) in [6, 6.07) is 19.9. The summed E-state index contributed by atoms with van der Waals surface area (Å²) in [5.74, 6) is -0.101. The normalized spacial score (nSPS) is 12.5. The summed E-state index contributed by atoms with van der Waals surface area (Å²) < 4.78 is 16.2. The van der Waals surface area contributed by atoms with E-state index in [9.17, 15) is 14.4 Å². The summed E-state index contributed by atoms with van der Waals surface area (Å²) in [6.07, 6.45) is 0. The SMILES string of the molecule is CCOc1ccccc1OCC(=O)Oc1ccc(N2C(=O)c3ccccc3C2=O)cc1. The third-order valence-corrected chi connectivity index (χ3v) is 4.62. The first-order valence-corrected chi connectivity index (χ1v) is 9.71. The summed E-state index contributed by atoms with van der Waals surface area (Å²) >= 11 is 0. The van der Waals surface area contributed by atoms with Crippen molar-refractivity contribution in [3.05, 3.63) is 83.9 Å². The number of benzene rings is 3. The number of rotatable bonds is 7. The predicted molar refractivity (Wildman–Crippen MR) is 113 cm³/mol. The number of hydrogen-bond donors (Lipinski definition) is 0. The molecule has 0 aliphatic carbocycles. The van der Waals surface area contributed by atoms with Crippen molar-refractivity contribution in [3.8, 4) is 17.2 Å². The van der Waals surface area contributed by atoms with Crippen LogP contribution in [0.25, 0.3) is 0 Å². The number of para-hydroxylation sites is 2. The van der Waals surface area contributed by atoms with E-state index >= 15 is 0 Å². The Kier molecular flexibility index (Phi) is 5.66. The first kappa shape index (κ1) is 20.2. The van der Waals surface area contributed by atoms with E-state index in [2.05, 4.69) is 0 Å². The molecule has 0 saturated carbocycles. The average Bonchev–Trinajstić information content (AvgIpc) is 3.04. The van der Waals surface area contributed by atoms with E-state index in [-0.39, 0.29) is 24.2 Å². The average molecular weight is 417 g/mol. The Balaban J connectivity index is 1.39. The second-order valence-corrected chi connectivity index (χ2v) is 6.63. The Hall–Kier alpha value is -4.13. The van der Waals surface area contributed by atoms with Crippen LogP contribution in [0.4, 0.5) is 5.69 Å². The Morgan fingerprint density at radius 3 is 1.90 bits per heavy atom. The molecule has 0 saturated heterocycles. The minimum atomic E-state index is -0.597. The van der Waals surface area contributed by atoms with Crippen molar-refractivity contribution in [2.24, 2.45) is 0 Å². The molecule has 7 nitrogen and oxygen atoms in total. The zero-order valence-electron chi connectivity index (χ0n) is 16.7. The van der Waals surface area contributed by atoms with Gasteiger partial charge in [0, 0.05) is 0 Å². The maximum atomic E-state index is 12.6. The van der Waals surface area contributed by atoms with Crippen molar-refractivity contribution in [2.75, 3.05) is 18.1 Å². The van der Waals surface area contributed by atoms with Crippen LogP contribution in [-0.4, -0.2) is 31.0 Å². The number of hydrogen-bond acceptors (Lipinski definition) is 6. The topological polar surface area (TPSA) is 82.1 Å². The molecule has 2 amide bonds. The molecule has 156 valence electrons. The second kappa shape index (κ2) is 8.71. The predicted octanol–water partition coefficient (Wildman–Crippen LogP) is 3.87. The Labute approximate surface area is 178 Å². The minimum Gasteiger partial charge on any atom is -0.490 e. The number of nitrogens with zero attached hydrogens (tertiary/aromatic N) is 1. The Morgan fingerprint density at radius 2 is 1.32 bits per heavy atom. The molecule has 1 aliphatic heterocycles. The van der Waals surface area contributed by atoms with Crippen LogP contribution in [0.3, 0.4) is 0 Å². The lowest BCUT2D eigenvalue weighted by Gasteiger charge is -2.14. The van der Waals surface area contributed by atoms with Gasteiger partial charge in [0.2, 0.25) is 0 Å². The van der Waals surface area contributed by atoms with Crippen LogP contribution in [-0.2, 0) is 4.79 Å². The van der Waals surface area contributed by atoms with E-state index in [1.165, 1.54) is 12.1 Å². The summed E-state index contributed by atoms with van der Waals surface area (Å²) in [7, 11) is 0. The van der Waals surface area contributed by atoms with E-state index in [1.807, 2.05) is 13.0 Å². The lowest BCUT2D eigenvalue weighted by Crippen LogP contribution is -2.29. The van der Waals surface area contributed by atoms with Crippen LogP contribution < -0.4 is 19.1 Å². The van der Waals surface area contributed by atoms with Crippen molar-refractivity contribution < 1.29 is 28.6 Å². The number of anilines is 1. The van der Waals surface area contributed by atoms with Crippen LogP contribution >= 0.6 is 0 Å². The maximum Gasteiger partial charge on any atom is 0.349 e. The zero-order valence-corrected chi connectivity index (χ0v) is 16.7. The molecule has 31 heavy (non-hydrogen) atoms. The lowest BCUT2D eigenvalue weighted by molar-refractivity contribution is -0.136. The van der Waals surface area contributed by atoms with Gasteiger partial charge in [-0.1, -0.05) is 24.3 Å². The Bertz CT molecular complexity index is 1100. The monoisotopic (exact) mass is 417 g/mol. The quantitative estimate of drug-likeness (QED) is 0.330. The summed E-state index contributed by atoms with van der Waals surface area (Å²) in [5, 5.41) is 0. The molecule has 3 aromatic carbocycles. The van der Waals surface area contributed by atoms with Gasteiger partial charge in [0.05, 0.1) is 23.4 Å². The molecule has 0 bridgehead atoms. The maximum absolute atomic E-state index is 12.6. The van der Waals surface area contributed by atoms with Crippen LogP contribution in [0, 0.1) is 0 Å². The molecule has 0 aromatic heterocycles. The molecular weight excluding hydrogens is 398 g/mol. The van der Waals surface area contributed by atoms with Gasteiger partial charge in [-0.15, -0.1) is 0 Å². The van der Waals surface area contributed by atoms with Gasteiger partial charge in [0.15, 0.2) is 18.1 Å². The number of esters is 1. The van der Waals surface area contributed by atoms with Crippen LogP contribution in [0.5, 0.6) is 17.2 Å². The van der Waals surface area contributed by atoms with Crippen LogP contribution in [0.15, 0.2) is 72.8 Å². The van der Waals surface area contributed by atoms with E-state index in [4.69, 9.17) is 14.2 Å². The summed E-state index contributed by atoms with van der Waals surface area (Å²) in [4.78, 5) is 38.4. The highest BCUT2D eigenvalue weighted by atomic mass is 16.6. The minimum absolute atomic E-state index is 0.270. The fraction of sp³-hybridized carbons (Fsp3) is 0.125. The number of carbonyl (C=O) groups is 3. The van der Waals surface area contributed by atoms with Gasteiger partial charge in [-0.05, 0) is 55.5 Å². The highest BCUT2D eigenvalue weighted by molar-refractivity contribution is 6.34. The number of ether oxygens (including phenoxy) is 3. The largest absolute Gasteiger partial charge is 0.490 e. The third kappa shape index (κ3) is 4.11. The van der Waals surface area contributed by atoms with E-state index in [1.54, 1.807) is 54.6 Å². The molecule has 3 aromatic rings. The van der Waals surface area contributed by atoms with Gasteiger partial charge in [-0.3, -0.25) is 9.59 Å². The highest BCUT2D eigenvalue weighted by Gasteiger charge is 2.36. The van der Waals surface area contributed by atoms with Crippen LogP contribution in [0.1, 0.15) is 27.6 Å². The smallest absolute Gasteiger partial charge is 0.349 e. The molecule has 0 N–H and O–H groups in total. The van der Waals surface area contributed by atoms with Crippen molar-refractivity contribution >= 4 is 23.5 Å². The zero-order chi connectivity index (χ0) is 21.8. The molecule has 0 fully saturated rings. The van der Waals surface area contributed by atoms with Gasteiger partial charge in [0.1, 0.15) is 5.75 Å². The molecular formula is C24H19NO6. The molecule has 0 radical (unpaired) electrons. The summed E-state index contributed by atoms with van der Waals surface area (Å²) in [6.45, 7) is 2.03. The molecule has 0 atom stereocenters. The number of fused-ring (bicyclic) bond motifs is 1. The van der Waals surface area contributed by atoms with Gasteiger partial charge in [-0.25, -0.2) is 9.69 Å². The Morgan fingerprint density at radius 1 is 0.774 bits per heavy atom. The first-order valence-electron chi connectivity index (χ1n) is 9.71. The number of carbonyl (C=O) groups excluding carboxylic acids is 3. The van der Waals surface area contributed by atoms with Gasteiger partial charge in [0.25, 0.3) is 11.8 Å². The molecule has 0 spiro atoms. The molecule has 1 heterocycles.